The van der Waals surface area contributed by atoms with Gasteiger partial charge in [0.2, 0.25) is 0 Å². The van der Waals surface area contributed by atoms with Crippen molar-refractivity contribution < 1.29 is 4.79 Å². The third-order valence-electron chi connectivity index (χ3n) is 7.72. The number of rotatable bonds is 0. The van der Waals surface area contributed by atoms with Crippen molar-refractivity contribution in [2.75, 3.05) is 0 Å². The highest BCUT2D eigenvalue weighted by Gasteiger charge is 2.56. The maximum atomic E-state index is 12.3. The molecule has 1 heteroatoms. The van der Waals surface area contributed by atoms with Gasteiger partial charge in [-0.2, -0.15) is 0 Å². The van der Waals surface area contributed by atoms with Gasteiger partial charge in [-0.3, -0.25) is 4.79 Å². The van der Waals surface area contributed by atoms with E-state index in [9.17, 15) is 4.79 Å². The van der Waals surface area contributed by atoms with Gasteiger partial charge in [0, 0.05) is 11.8 Å². The number of allylic oxidation sites excluding steroid dienone is 2. The lowest BCUT2D eigenvalue weighted by atomic mass is 9.46. The van der Waals surface area contributed by atoms with Gasteiger partial charge in [-0.1, -0.05) is 31.4 Å². The van der Waals surface area contributed by atoms with E-state index < -0.39 is 0 Å². The molecule has 0 unspecified atom stereocenters. The Kier molecular flexibility index (Phi) is 2.76. The Bertz CT molecular complexity index is 476. The summed E-state index contributed by atoms with van der Waals surface area (Å²) in [5.41, 5.74) is 2.07. The van der Waals surface area contributed by atoms with Crippen molar-refractivity contribution in [2.45, 2.75) is 71.6 Å². The zero-order valence-electron chi connectivity index (χ0n) is 13.1. The number of fused-ring (bicyclic) bond motifs is 5. The van der Waals surface area contributed by atoms with E-state index in [4.69, 9.17) is 0 Å². The normalized spacial score (nSPS) is 51.0. The fourth-order valence-electron chi connectivity index (χ4n) is 6.44. The van der Waals surface area contributed by atoms with Crippen LogP contribution in [-0.4, -0.2) is 5.78 Å². The smallest absolute Gasteiger partial charge is 0.146 e. The predicted molar refractivity (Wildman–Crippen MR) is 81.3 cm³/mol. The molecule has 3 fully saturated rings. The molecule has 0 saturated heterocycles. The fourth-order valence-corrected chi connectivity index (χ4v) is 6.44. The van der Waals surface area contributed by atoms with Gasteiger partial charge < -0.3 is 0 Å². The average molecular weight is 272 g/mol. The van der Waals surface area contributed by atoms with Crippen molar-refractivity contribution in [3.63, 3.8) is 0 Å². The van der Waals surface area contributed by atoms with Gasteiger partial charge in [-0.05, 0) is 68.6 Å². The molecule has 0 radical (unpaired) electrons. The van der Waals surface area contributed by atoms with Gasteiger partial charge in [-0.25, -0.2) is 0 Å². The van der Waals surface area contributed by atoms with E-state index >= 15 is 0 Å². The van der Waals surface area contributed by atoms with Crippen LogP contribution in [0.2, 0.25) is 0 Å². The second-order valence-corrected chi connectivity index (χ2v) is 8.40. The minimum Gasteiger partial charge on any atom is -0.298 e. The molecule has 20 heavy (non-hydrogen) atoms. The van der Waals surface area contributed by atoms with Gasteiger partial charge >= 0.3 is 0 Å². The van der Waals surface area contributed by atoms with Crippen molar-refractivity contribution in [3.05, 3.63) is 11.6 Å². The lowest BCUT2D eigenvalue weighted by molar-refractivity contribution is -0.127. The monoisotopic (exact) mass is 272 g/mol. The van der Waals surface area contributed by atoms with E-state index in [1.54, 1.807) is 5.57 Å². The number of hydrogen-bond donors (Lipinski definition) is 0. The topological polar surface area (TPSA) is 17.1 Å². The van der Waals surface area contributed by atoms with E-state index in [-0.39, 0.29) is 5.41 Å². The summed E-state index contributed by atoms with van der Waals surface area (Å²) in [6.45, 7) is 4.83. The maximum Gasteiger partial charge on any atom is 0.146 e. The molecular weight excluding hydrogens is 244 g/mol. The summed E-state index contributed by atoms with van der Waals surface area (Å²) in [6, 6.07) is 0. The van der Waals surface area contributed by atoms with E-state index in [0.29, 0.717) is 11.2 Å². The molecule has 0 aliphatic heterocycles. The van der Waals surface area contributed by atoms with E-state index in [1.807, 2.05) is 0 Å². The van der Waals surface area contributed by atoms with Gasteiger partial charge in [0.15, 0.2) is 0 Å². The lowest BCUT2D eigenvalue weighted by Crippen LogP contribution is -2.50. The SMILES string of the molecule is C[C@]12CC[C@@H]3[C@H](CC[C@H]4CCCC[C@@]43C)C1=CCC2=O. The molecule has 0 amide bonds. The summed E-state index contributed by atoms with van der Waals surface area (Å²) in [6.07, 6.45) is 14.0. The average Bonchev–Trinajstić information content (AvgIpc) is 2.74. The molecule has 0 spiro atoms. The quantitative estimate of drug-likeness (QED) is 0.573. The van der Waals surface area contributed by atoms with Crippen molar-refractivity contribution in [3.8, 4) is 0 Å². The van der Waals surface area contributed by atoms with Crippen LogP contribution >= 0.6 is 0 Å². The maximum absolute atomic E-state index is 12.3. The van der Waals surface area contributed by atoms with Crippen LogP contribution in [0.1, 0.15) is 71.6 Å². The third kappa shape index (κ3) is 1.53. The highest BCUT2D eigenvalue weighted by molar-refractivity contribution is 5.92. The van der Waals surface area contributed by atoms with Crippen LogP contribution in [0.25, 0.3) is 0 Å². The molecule has 0 bridgehead atoms. The number of Topliss-reactive ketones (excluding diaryl/α,β-unsaturated/α-hetero) is 1. The number of carbonyl (C=O) groups is 1. The Morgan fingerprint density at radius 3 is 2.75 bits per heavy atom. The van der Waals surface area contributed by atoms with Crippen LogP contribution in [0.15, 0.2) is 11.6 Å². The fraction of sp³-hybridized carbons (Fsp3) is 0.842. The molecule has 0 heterocycles. The predicted octanol–water partition coefficient (Wildman–Crippen LogP) is 4.91. The Balaban J connectivity index is 1.70. The minimum atomic E-state index is -0.0704. The summed E-state index contributed by atoms with van der Waals surface area (Å²) in [5.74, 6) is 3.08. The number of ketones is 1. The molecule has 5 atom stereocenters. The standard InChI is InChI=1S/C19H28O/c1-18-11-4-3-5-13(18)6-7-14-15-8-9-17(20)19(15,2)12-10-16(14)18/h8,13-14,16H,3-7,9-12H2,1-2H3/t13-,14-,16-,18+,19+/m1/s1. The van der Waals surface area contributed by atoms with Gasteiger partial charge in [0.05, 0.1) is 0 Å². The Hall–Kier alpha value is -0.590. The van der Waals surface area contributed by atoms with Crippen molar-refractivity contribution >= 4 is 5.78 Å². The van der Waals surface area contributed by atoms with Crippen LogP contribution in [0, 0.1) is 28.6 Å². The second kappa shape index (κ2) is 4.21. The van der Waals surface area contributed by atoms with Gasteiger partial charge in [0.25, 0.3) is 0 Å². The Morgan fingerprint density at radius 2 is 1.90 bits per heavy atom. The first-order valence-corrected chi connectivity index (χ1v) is 8.79. The van der Waals surface area contributed by atoms with Crippen LogP contribution in [0.5, 0.6) is 0 Å². The molecule has 0 aromatic rings. The first-order valence-electron chi connectivity index (χ1n) is 8.79. The van der Waals surface area contributed by atoms with Crippen molar-refractivity contribution in [1.29, 1.82) is 0 Å². The number of hydrogen-bond acceptors (Lipinski definition) is 1. The molecule has 0 aromatic carbocycles. The molecule has 4 aliphatic carbocycles. The molecule has 4 aliphatic rings. The van der Waals surface area contributed by atoms with Crippen LogP contribution in [0.4, 0.5) is 0 Å². The zero-order valence-corrected chi connectivity index (χ0v) is 13.1. The van der Waals surface area contributed by atoms with Crippen molar-refractivity contribution in [1.82, 2.24) is 0 Å². The molecule has 4 rings (SSSR count). The lowest BCUT2D eigenvalue weighted by Gasteiger charge is -2.58. The van der Waals surface area contributed by atoms with Crippen LogP contribution in [0.3, 0.4) is 0 Å². The van der Waals surface area contributed by atoms with Gasteiger partial charge in [0.1, 0.15) is 5.78 Å². The van der Waals surface area contributed by atoms with Crippen molar-refractivity contribution in [2.24, 2.45) is 28.6 Å². The molecular formula is C19H28O. The highest BCUT2D eigenvalue weighted by atomic mass is 16.1. The van der Waals surface area contributed by atoms with E-state index in [1.165, 1.54) is 44.9 Å². The third-order valence-corrected chi connectivity index (χ3v) is 7.72. The zero-order chi connectivity index (χ0) is 14.0. The second-order valence-electron chi connectivity index (χ2n) is 8.40. The molecule has 110 valence electrons. The summed E-state index contributed by atoms with van der Waals surface area (Å²) < 4.78 is 0. The molecule has 0 N–H and O–H groups in total. The Morgan fingerprint density at radius 1 is 1.05 bits per heavy atom. The summed E-state index contributed by atoms with van der Waals surface area (Å²) in [5, 5.41) is 0. The Labute approximate surface area is 123 Å². The summed E-state index contributed by atoms with van der Waals surface area (Å²) in [7, 11) is 0. The van der Waals surface area contributed by atoms with Crippen LogP contribution < -0.4 is 0 Å². The number of carbonyl (C=O) groups excluding carboxylic acids is 1. The molecule has 3 saturated carbocycles. The summed E-state index contributed by atoms with van der Waals surface area (Å²) >= 11 is 0. The largest absolute Gasteiger partial charge is 0.298 e. The van der Waals surface area contributed by atoms with E-state index in [0.717, 1.165) is 30.6 Å². The first kappa shape index (κ1) is 13.1. The molecule has 0 aromatic heterocycles. The summed E-state index contributed by atoms with van der Waals surface area (Å²) in [4.78, 5) is 12.3. The highest BCUT2D eigenvalue weighted by Crippen LogP contribution is 2.64. The molecule has 1 nitrogen and oxygen atoms in total. The minimum absolute atomic E-state index is 0.0704. The van der Waals surface area contributed by atoms with E-state index in [2.05, 4.69) is 19.9 Å². The first-order chi connectivity index (χ1) is 9.56. The van der Waals surface area contributed by atoms with Gasteiger partial charge in [-0.15, -0.1) is 0 Å². The van der Waals surface area contributed by atoms with Crippen LogP contribution in [-0.2, 0) is 4.79 Å².